The van der Waals surface area contributed by atoms with E-state index in [1.165, 1.54) is 5.56 Å². The lowest BCUT2D eigenvalue weighted by Gasteiger charge is -2.37. The summed E-state index contributed by atoms with van der Waals surface area (Å²) in [7, 11) is 0. The number of hydrogen-bond acceptors (Lipinski definition) is 5. The molecule has 8 heteroatoms. The second-order valence-corrected chi connectivity index (χ2v) is 6.85. The summed E-state index contributed by atoms with van der Waals surface area (Å²) in [6, 6.07) is 9.34. The van der Waals surface area contributed by atoms with Gasteiger partial charge < -0.3 is 15.0 Å². The van der Waals surface area contributed by atoms with Gasteiger partial charge in [-0.1, -0.05) is 31.2 Å². The lowest BCUT2D eigenvalue weighted by Crippen LogP contribution is -2.52. The number of nitrogens with zero attached hydrogens (tertiary/aromatic N) is 3. The molecule has 1 fully saturated rings. The Kier molecular flexibility index (Phi) is 6.38. The van der Waals surface area contributed by atoms with Gasteiger partial charge in [0.25, 0.3) is 5.92 Å². The molecule has 0 saturated carbocycles. The van der Waals surface area contributed by atoms with E-state index in [0.29, 0.717) is 5.95 Å². The predicted octanol–water partition coefficient (Wildman–Crippen LogP) is 3.74. The molecule has 1 N–H and O–H groups in total. The van der Waals surface area contributed by atoms with Gasteiger partial charge in [0.2, 0.25) is 5.95 Å². The van der Waals surface area contributed by atoms with Crippen molar-refractivity contribution in [3.63, 3.8) is 0 Å². The summed E-state index contributed by atoms with van der Waals surface area (Å²) in [5.41, 5.74) is 2.02. The van der Waals surface area contributed by atoms with Crippen LogP contribution in [0.25, 0.3) is 0 Å². The van der Waals surface area contributed by atoms with Crippen LogP contribution in [0.15, 0.2) is 42.7 Å². The van der Waals surface area contributed by atoms with E-state index < -0.39 is 24.5 Å². The Morgan fingerprint density at radius 3 is 2.57 bits per heavy atom. The van der Waals surface area contributed by atoms with Gasteiger partial charge in [-0.05, 0) is 30.0 Å². The van der Waals surface area contributed by atoms with Crippen LogP contribution in [0.1, 0.15) is 24.5 Å². The van der Waals surface area contributed by atoms with Crippen LogP contribution in [0.2, 0.25) is 0 Å². The van der Waals surface area contributed by atoms with Crippen molar-refractivity contribution >= 4 is 12.0 Å². The molecule has 0 aliphatic carbocycles. The predicted molar refractivity (Wildman–Crippen MR) is 101 cm³/mol. The molecule has 0 spiro atoms. The Bertz CT molecular complexity index is 772. The summed E-state index contributed by atoms with van der Waals surface area (Å²) in [6.45, 7) is 1.75. The van der Waals surface area contributed by atoms with E-state index in [4.69, 9.17) is 4.74 Å². The fourth-order valence-electron chi connectivity index (χ4n) is 3.11. The average Bonchev–Trinajstić information content (AvgIpc) is 2.71. The minimum absolute atomic E-state index is 0.0453. The number of hydrogen-bond donors (Lipinski definition) is 1. The largest absolute Gasteiger partial charge is 0.445 e. The van der Waals surface area contributed by atoms with Gasteiger partial charge >= 0.3 is 6.09 Å². The van der Waals surface area contributed by atoms with Gasteiger partial charge in [0, 0.05) is 31.4 Å². The number of carbonyl (C=O) groups excluding carboxylic acids is 1. The third-order valence-electron chi connectivity index (χ3n) is 4.87. The summed E-state index contributed by atoms with van der Waals surface area (Å²) in [6.07, 6.45) is 3.48. The molecular weight excluding hydrogens is 366 g/mol. The molecule has 150 valence electrons. The van der Waals surface area contributed by atoms with Crippen LogP contribution >= 0.6 is 0 Å². The van der Waals surface area contributed by atoms with Crippen molar-refractivity contribution in [2.24, 2.45) is 5.92 Å². The number of nitrogens with one attached hydrogen (secondary N) is 1. The van der Waals surface area contributed by atoms with Crippen molar-refractivity contribution in [3.05, 3.63) is 53.9 Å². The summed E-state index contributed by atoms with van der Waals surface area (Å²) in [5.74, 6) is -3.60. The number of halogens is 2. The van der Waals surface area contributed by atoms with Gasteiger partial charge in [-0.15, -0.1) is 0 Å². The molecular formula is C20H24F2N4O2. The quantitative estimate of drug-likeness (QED) is 0.814. The van der Waals surface area contributed by atoms with Crippen LogP contribution < -0.4 is 5.32 Å². The number of likely N-dealkylation sites (tertiary alicyclic amines) is 1. The topological polar surface area (TPSA) is 67.3 Å². The van der Waals surface area contributed by atoms with Crippen LogP contribution in [-0.2, 0) is 17.8 Å². The molecule has 2 aromatic rings. The highest BCUT2D eigenvalue weighted by atomic mass is 19.3. The Labute approximate surface area is 162 Å². The highest BCUT2D eigenvalue weighted by Crippen LogP contribution is 2.33. The molecule has 0 bridgehead atoms. The second-order valence-electron chi connectivity index (χ2n) is 6.85. The van der Waals surface area contributed by atoms with Gasteiger partial charge in [0.05, 0.1) is 6.54 Å². The fraction of sp³-hybridized carbons (Fsp3) is 0.450. The second kappa shape index (κ2) is 8.95. The normalized spacial score (nSPS) is 18.5. The molecule has 1 aliphatic rings. The third kappa shape index (κ3) is 5.15. The van der Waals surface area contributed by atoms with Crippen LogP contribution in [0, 0.1) is 5.92 Å². The van der Waals surface area contributed by atoms with Crippen molar-refractivity contribution in [1.29, 1.82) is 0 Å². The van der Waals surface area contributed by atoms with Crippen molar-refractivity contribution in [1.82, 2.24) is 14.9 Å². The monoisotopic (exact) mass is 390 g/mol. The first kappa shape index (κ1) is 20.0. The Hall–Kier alpha value is -2.77. The molecule has 0 radical (unpaired) electrons. The summed E-state index contributed by atoms with van der Waals surface area (Å²) < 4.78 is 34.2. The van der Waals surface area contributed by atoms with Crippen LogP contribution in [-0.4, -0.2) is 46.5 Å². The number of aryl methyl sites for hydroxylation is 1. The number of alkyl halides is 2. The highest BCUT2D eigenvalue weighted by molar-refractivity contribution is 5.68. The summed E-state index contributed by atoms with van der Waals surface area (Å²) >= 11 is 0. The van der Waals surface area contributed by atoms with E-state index in [1.807, 2.05) is 24.3 Å². The third-order valence-corrected chi connectivity index (χ3v) is 4.87. The number of amides is 1. The number of ether oxygens (including phenoxy) is 1. The zero-order chi connectivity index (χ0) is 20.0. The van der Waals surface area contributed by atoms with Crippen molar-refractivity contribution in [2.75, 3.05) is 25.0 Å². The number of rotatable bonds is 6. The number of aromatic nitrogens is 2. The molecule has 3 rings (SSSR count). The fourth-order valence-corrected chi connectivity index (χ4v) is 3.11. The maximum atomic E-state index is 14.5. The highest BCUT2D eigenvalue weighted by Gasteiger charge is 2.46. The molecule has 1 amide bonds. The van der Waals surface area contributed by atoms with Gasteiger partial charge in [0.1, 0.15) is 6.61 Å². The number of anilines is 1. The smallest absolute Gasteiger partial charge is 0.410 e. The zero-order valence-electron chi connectivity index (χ0n) is 15.8. The van der Waals surface area contributed by atoms with Crippen LogP contribution in [0.3, 0.4) is 0 Å². The SMILES string of the molecule is CCc1ccc(COC(=O)N2CCC(CNc3ncccn3)C(F)(F)C2)cc1. The molecule has 28 heavy (non-hydrogen) atoms. The van der Waals surface area contributed by atoms with Gasteiger partial charge in [-0.25, -0.2) is 23.5 Å². The molecule has 1 aliphatic heterocycles. The zero-order valence-corrected chi connectivity index (χ0v) is 15.8. The molecule has 1 saturated heterocycles. The molecule has 1 unspecified atom stereocenters. The maximum Gasteiger partial charge on any atom is 0.410 e. The number of carbonyl (C=O) groups is 1. The van der Waals surface area contributed by atoms with E-state index in [-0.39, 0.29) is 26.1 Å². The van der Waals surface area contributed by atoms with E-state index in [0.717, 1.165) is 16.9 Å². The minimum atomic E-state index is -3.01. The molecule has 1 aromatic carbocycles. The Balaban J connectivity index is 1.49. The summed E-state index contributed by atoms with van der Waals surface area (Å²) in [4.78, 5) is 21.2. The van der Waals surface area contributed by atoms with E-state index in [1.54, 1.807) is 18.5 Å². The average molecular weight is 390 g/mol. The first-order valence-electron chi connectivity index (χ1n) is 9.36. The first-order chi connectivity index (χ1) is 13.5. The lowest BCUT2D eigenvalue weighted by atomic mass is 9.93. The van der Waals surface area contributed by atoms with Gasteiger partial charge in [-0.3, -0.25) is 0 Å². The molecule has 6 nitrogen and oxygen atoms in total. The number of piperidine rings is 1. The van der Waals surface area contributed by atoms with E-state index in [9.17, 15) is 13.6 Å². The Morgan fingerprint density at radius 2 is 1.93 bits per heavy atom. The molecule has 2 heterocycles. The maximum absolute atomic E-state index is 14.5. The minimum Gasteiger partial charge on any atom is -0.445 e. The van der Waals surface area contributed by atoms with Crippen molar-refractivity contribution in [3.8, 4) is 0 Å². The van der Waals surface area contributed by atoms with Gasteiger partial charge in [-0.2, -0.15) is 0 Å². The van der Waals surface area contributed by atoms with E-state index in [2.05, 4.69) is 22.2 Å². The van der Waals surface area contributed by atoms with Crippen LogP contribution in [0.4, 0.5) is 19.5 Å². The van der Waals surface area contributed by atoms with Crippen molar-refractivity contribution < 1.29 is 18.3 Å². The molecule has 1 aromatic heterocycles. The lowest BCUT2D eigenvalue weighted by molar-refractivity contribution is -0.102. The summed E-state index contributed by atoms with van der Waals surface area (Å²) in [5, 5.41) is 2.83. The standard InChI is InChI=1S/C20H24F2N4O2/c1-2-15-4-6-16(7-5-15)13-28-19(27)26-11-8-17(20(21,22)14-26)12-25-18-23-9-3-10-24-18/h3-7,9-10,17H,2,8,11-14H2,1H3,(H,23,24,25). The van der Waals surface area contributed by atoms with Crippen molar-refractivity contribution in [2.45, 2.75) is 32.3 Å². The number of benzene rings is 1. The van der Waals surface area contributed by atoms with Crippen LogP contribution in [0.5, 0.6) is 0 Å². The Morgan fingerprint density at radius 1 is 1.25 bits per heavy atom. The van der Waals surface area contributed by atoms with Gasteiger partial charge in [0.15, 0.2) is 0 Å². The molecule has 1 atom stereocenters. The first-order valence-corrected chi connectivity index (χ1v) is 9.36. The van der Waals surface area contributed by atoms with E-state index >= 15 is 0 Å².